The van der Waals surface area contributed by atoms with Crippen LogP contribution in [0.15, 0.2) is 46.9 Å². The summed E-state index contributed by atoms with van der Waals surface area (Å²) in [6.07, 6.45) is 2.23. The molecule has 0 saturated carbocycles. The third-order valence-electron chi connectivity index (χ3n) is 5.65. The molecule has 6 nitrogen and oxygen atoms in total. The Bertz CT molecular complexity index is 917. The van der Waals surface area contributed by atoms with Crippen molar-refractivity contribution in [1.82, 2.24) is 10.2 Å². The average molecular weight is 519 g/mol. The molecule has 2 aromatic rings. The zero-order valence-electron chi connectivity index (χ0n) is 20.2. The van der Waals surface area contributed by atoms with Gasteiger partial charge in [-0.05, 0) is 77.5 Å². The number of aryl methyl sites for hydroxylation is 1. The van der Waals surface area contributed by atoms with Crippen LogP contribution in [0.2, 0.25) is 0 Å². The van der Waals surface area contributed by atoms with E-state index >= 15 is 0 Å². The molecule has 180 valence electrons. The van der Waals surface area contributed by atoms with Gasteiger partial charge >= 0.3 is 0 Å². The minimum absolute atomic E-state index is 0.0359. The van der Waals surface area contributed by atoms with Gasteiger partial charge in [-0.15, -0.1) is 0 Å². The molecule has 0 aromatic heterocycles. The summed E-state index contributed by atoms with van der Waals surface area (Å²) in [7, 11) is 1.61. The van der Waals surface area contributed by atoms with Crippen molar-refractivity contribution in [2.24, 2.45) is 0 Å². The number of nitrogens with one attached hydrogen (secondary N) is 1. The van der Waals surface area contributed by atoms with Crippen LogP contribution in [0.1, 0.15) is 51.7 Å². The fraction of sp³-hybridized carbons (Fsp3) is 0.462. The number of halogens is 1. The number of carbonyl (C=O) groups excluding carboxylic acids is 2. The summed E-state index contributed by atoms with van der Waals surface area (Å²) in [5.74, 6) is 0.939. The Balaban J connectivity index is 2.23. The molecule has 2 rings (SSSR count). The van der Waals surface area contributed by atoms with Gasteiger partial charge in [0, 0.05) is 12.6 Å². The van der Waals surface area contributed by atoms with E-state index in [4.69, 9.17) is 9.47 Å². The highest BCUT2D eigenvalue weighted by atomic mass is 79.9. The Labute approximate surface area is 205 Å². The van der Waals surface area contributed by atoms with Gasteiger partial charge in [-0.1, -0.05) is 39.0 Å². The van der Waals surface area contributed by atoms with E-state index in [1.54, 1.807) is 12.0 Å². The predicted molar refractivity (Wildman–Crippen MR) is 135 cm³/mol. The Kier molecular flexibility index (Phi) is 10.7. The maximum atomic E-state index is 13.3. The molecule has 7 heteroatoms. The number of rotatable bonds is 12. The highest BCUT2D eigenvalue weighted by molar-refractivity contribution is 9.10. The van der Waals surface area contributed by atoms with Gasteiger partial charge in [-0.25, -0.2) is 0 Å². The second-order valence-corrected chi connectivity index (χ2v) is 8.87. The molecule has 0 aliphatic rings. The van der Waals surface area contributed by atoms with Crippen LogP contribution in [-0.4, -0.2) is 42.5 Å². The summed E-state index contributed by atoms with van der Waals surface area (Å²) in [4.78, 5) is 27.9. The summed E-state index contributed by atoms with van der Waals surface area (Å²) in [6, 6.07) is 12.8. The number of benzene rings is 2. The molecule has 0 bridgehead atoms. The van der Waals surface area contributed by atoms with E-state index in [2.05, 4.69) is 28.2 Å². The van der Waals surface area contributed by atoms with E-state index in [0.29, 0.717) is 18.7 Å². The highest BCUT2D eigenvalue weighted by Crippen LogP contribution is 2.26. The highest BCUT2D eigenvalue weighted by Gasteiger charge is 2.29. The van der Waals surface area contributed by atoms with Gasteiger partial charge in [0.05, 0.1) is 11.6 Å². The lowest BCUT2D eigenvalue weighted by molar-refractivity contribution is -0.143. The fourth-order valence-electron chi connectivity index (χ4n) is 3.39. The van der Waals surface area contributed by atoms with Crippen molar-refractivity contribution >= 4 is 27.7 Å². The van der Waals surface area contributed by atoms with Gasteiger partial charge in [0.1, 0.15) is 17.5 Å². The molecular formula is C26H35BrN2O4. The molecule has 0 spiro atoms. The summed E-state index contributed by atoms with van der Waals surface area (Å²) in [5, 5.41) is 3.01. The van der Waals surface area contributed by atoms with E-state index < -0.39 is 6.04 Å². The Morgan fingerprint density at radius 1 is 1.03 bits per heavy atom. The Morgan fingerprint density at radius 2 is 1.70 bits per heavy atom. The monoisotopic (exact) mass is 518 g/mol. The van der Waals surface area contributed by atoms with E-state index in [-0.39, 0.29) is 24.5 Å². The number of methoxy groups -OCH3 is 1. The Morgan fingerprint density at radius 3 is 2.24 bits per heavy atom. The Hall–Kier alpha value is -2.54. The molecule has 0 aliphatic heterocycles. The van der Waals surface area contributed by atoms with Gasteiger partial charge in [0.25, 0.3) is 5.91 Å². The third-order valence-corrected chi connectivity index (χ3v) is 6.27. The number of ether oxygens (including phenoxy) is 2. The molecule has 2 amide bonds. The fourth-order valence-corrected chi connectivity index (χ4v) is 3.93. The molecule has 33 heavy (non-hydrogen) atoms. The van der Waals surface area contributed by atoms with Crippen LogP contribution >= 0.6 is 15.9 Å². The van der Waals surface area contributed by atoms with Crippen LogP contribution in [0.4, 0.5) is 0 Å². The SMILES string of the molecule is CCc1ccc(OCC(=O)N(Cc2ccc(OC)cc2)[C@@H](CC)C(=O)N[C@H](C)CC)c(Br)c1. The molecule has 0 fully saturated rings. The van der Waals surface area contributed by atoms with E-state index in [0.717, 1.165) is 28.6 Å². The summed E-state index contributed by atoms with van der Waals surface area (Å²) in [5.41, 5.74) is 2.09. The van der Waals surface area contributed by atoms with E-state index in [1.807, 2.05) is 63.2 Å². The van der Waals surface area contributed by atoms with Crippen molar-refractivity contribution in [3.05, 3.63) is 58.1 Å². The lowest BCUT2D eigenvalue weighted by atomic mass is 10.1. The maximum Gasteiger partial charge on any atom is 0.261 e. The third kappa shape index (κ3) is 7.77. The number of hydrogen-bond donors (Lipinski definition) is 1. The second kappa shape index (κ2) is 13.2. The maximum absolute atomic E-state index is 13.3. The van der Waals surface area contributed by atoms with Crippen LogP contribution in [0.3, 0.4) is 0 Å². The first-order chi connectivity index (χ1) is 15.8. The van der Waals surface area contributed by atoms with E-state index in [1.165, 1.54) is 5.56 Å². The van der Waals surface area contributed by atoms with Crippen LogP contribution in [0.25, 0.3) is 0 Å². The lowest BCUT2D eigenvalue weighted by Crippen LogP contribution is -2.51. The first-order valence-corrected chi connectivity index (χ1v) is 12.3. The van der Waals surface area contributed by atoms with Crippen molar-refractivity contribution in [1.29, 1.82) is 0 Å². The number of nitrogens with zero attached hydrogens (tertiary/aromatic N) is 1. The van der Waals surface area contributed by atoms with Gasteiger partial charge in [-0.3, -0.25) is 9.59 Å². The van der Waals surface area contributed by atoms with Crippen molar-refractivity contribution in [3.63, 3.8) is 0 Å². The first kappa shape index (κ1) is 26.7. The minimum Gasteiger partial charge on any atom is -0.497 e. The first-order valence-electron chi connectivity index (χ1n) is 11.5. The zero-order valence-corrected chi connectivity index (χ0v) is 21.8. The zero-order chi connectivity index (χ0) is 24.4. The minimum atomic E-state index is -0.594. The lowest BCUT2D eigenvalue weighted by Gasteiger charge is -2.31. The smallest absolute Gasteiger partial charge is 0.261 e. The summed E-state index contributed by atoms with van der Waals surface area (Å²) >= 11 is 3.52. The van der Waals surface area contributed by atoms with Gasteiger partial charge in [0.15, 0.2) is 6.61 Å². The molecule has 0 radical (unpaired) electrons. The van der Waals surface area contributed by atoms with Crippen LogP contribution < -0.4 is 14.8 Å². The van der Waals surface area contributed by atoms with Crippen molar-refractivity contribution in [2.45, 2.75) is 65.6 Å². The number of hydrogen-bond acceptors (Lipinski definition) is 4. The summed E-state index contributed by atoms with van der Waals surface area (Å²) in [6.45, 7) is 8.11. The van der Waals surface area contributed by atoms with Gasteiger partial charge < -0.3 is 19.7 Å². The predicted octanol–water partition coefficient (Wildman–Crippen LogP) is 5.12. The van der Waals surface area contributed by atoms with Gasteiger partial charge in [0.2, 0.25) is 5.91 Å². The molecular weight excluding hydrogens is 484 g/mol. The molecule has 2 aromatic carbocycles. The summed E-state index contributed by atoms with van der Waals surface area (Å²) < 4.78 is 11.9. The second-order valence-electron chi connectivity index (χ2n) is 8.02. The van der Waals surface area contributed by atoms with Crippen molar-refractivity contribution in [3.8, 4) is 11.5 Å². The van der Waals surface area contributed by atoms with Crippen molar-refractivity contribution in [2.75, 3.05) is 13.7 Å². The van der Waals surface area contributed by atoms with Crippen LogP contribution in [-0.2, 0) is 22.6 Å². The molecule has 0 aliphatic carbocycles. The molecule has 0 unspecified atom stereocenters. The topological polar surface area (TPSA) is 67.9 Å². The van der Waals surface area contributed by atoms with E-state index in [9.17, 15) is 9.59 Å². The molecule has 0 heterocycles. The van der Waals surface area contributed by atoms with Crippen molar-refractivity contribution < 1.29 is 19.1 Å². The van der Waals surface area contributed by atoms with Gasteiger partial charge in [-0.2, -0.15) is 0 Å². The largest absolute Gasteiger partial charge is 0.497 e. The molecule has 1 N–H and O–H groups in total. The number of carbonyl (C=O) groups is 2. The normalized spacial score (nSPS) is 12.5. The number of amides is 2. The standard InChI is InChI=1S/C26H35BrN2O4/c1-6-18(4)28-26(31)23(8-3)29(16-20-9-12-21(32-5)13-10-20)25(30)17-33-24-14-11-19(7-2)15-22(24)27/h9-15,18,23H,6-8,16-17H2,1-5H3,(H,28,31)/t18-,23+/m1/s1. The average Bonchev–Trinajstić information content (AvgIpc) is 2.83. The van der Waals surface area contributed by atoms with Crippen LogP contribution in [0.5, 0.6) is 11.5 Å². The quantitative estimate of drug-likeness (QED) is 0.423. The van der Waals surface area contributed by atoms with Crippen LogP contribution in [0, 0.1) is 0 Å². The molecule has 2 atom stereocenters. The molecule has 0 saturated heterocycles.